The first-order valence-electron chi connectivity index (χ1n) is 15.0. The average Bonchev–Trinajstić information content (AvgIpc) is 3.68. The Morgan fingerprint density at radius 1 is 0.872 bits per heavy atom. The Hall–Kier alpha value is -5.25. The second-order valence-corrected chi connectivity index (χ2v) is 13.3. The third-order valence-corrected chi connectivity index (χ3v) is 10.1. The monoisotopic (exact) mass is 655 g/mol. The summed E-state index contributed by atoms with van der Waals surface area (Å²) in [5, 5.41) is 22.9. The first-order chi connectivity index (χ1) is 23.0. The summed E-state index contributed by atoms with van der Waals surface area (Å²) in [4.78, 5) is 28.6. The van der Waals surface area contributed by atoms with E-state index in [4.69, 9.17) is 4.74 Å². The number of amides is 1. The van der Waals surface area contributed by atoms with Crippen LogP contribution in [-0.4, -0.2) is 27.0 Å². The highest BCUT2D eigenvalue weighted by Crippen LogP contribution is 2.44. The Morgan fingerprint density at radius 3 is 2.43 bits per heavy atom. The predicted molar refractivity (Wildman–Crippen MR) is 187 cm³/mol. The molecule has 6 aromatic rings. The first-order valence-corrected chi connectivity index (χ1v) is 16.8. The number of benzene rings is 5. The largest absolute Gasteiger partial charge is 0.507 e. The quantitative estimate of drug-likeness (QED) is 0.0549. The fourth-order valence-corrected chi connectivity index (χ4v) is 7.60. The van der Waals surface area contributed by atoms with E-state index in [2.05, 4.69) is 40.5 Å². The molecule has 0 saturated carbocycles. The van der Waals surface area contributed by atoms with Gasteiger partial charge in [-0.2, -0.15) is 0 Å². The maximum Gasteiger partial charge on any atom is 0.301 e. The topological polar surface area (TPSA) is 92.6 Å². The van der Waals surface area contributed by atoms with E-state index in [1.165, 1.54) is 44.3 Å². The van der Waals surface area contributed by atoms with Crippen molar-refractivity contribution in [3.8, 4) is 5.75 Å². The van der Waals surface area contributed by atoms with Crippen molar-refractivity contribution in [2.75, 3.05) is 4.90 Å². The molecule has 1 aliphatic heterocycles. The van der Waals surface area contributed by atoms with Crippen molar-refractivity contribution in [1.29, 1.82) is 0 Å². The second kappa shape index (κ2) is 13.2. The number of rotatable bonds is 9. The molecular weight excluding hydrogens is 627 g/mol. The normalized spacial score (nSPS) is 15.8. The van der Waals surface area contributed by atoms with Crippen LogP contribution in [0.25, 0.3) is 16.5 Å². The molecule has 5 aromatic carbocycles. The van der Waals surface area contributed by atoms with Crippen molar-refractivity contribution >= 4 is 56.5 Å². The van der Waals surface area contributed by atoms with Crippen molar-refractivity contribution in [2.24, 2.45) is 0 Å². The van der Waals surface area contributed by atoms with Crippen LogP contribution in [0, 0.1) is 6.92 Å². The van der Waals surface area contributed by atoms with Gasteiger partial charge in [-0.3, -0.25) is 14.5 Å². The summed E-state index contributed by atoms with van der Waals surface area (Å²) in [6.07, 6.45) is 0. The summed E-state index contributed by atoms with van der Waals surface area (Å²) in [6, 6.07) is 37.7. The molecule has 1 saturated heterocycles. The summed E-state index contributed by atoms with van der Waals surface area (Å²) in [5.41, 5.74) is 4.44. The molecule has 1 aromatic heterocycles. The first kappa shape index (κ1) is 30.4. The molecule has 7 rings (SSSR count). The average molecular weight is 656 g/mol. The van der Waals surface area contributed by atoms with Crippen molar-refractivity contribution in [1.82, 2.24) is 10.2 Å². The van der Waals surface area contributed by atoms with Crippen LogP contribution in [0.1, 0.15) is 33.9 Å². The number of ketones is 1. The summed E-state index contributed by atoms with van der Waals surface area (Å²) in [5.74, 6) is -0.524. The molecule has 47 heavy (non-hydrogen) atoms. The highest BCUT2D eigenvalue weighted by Gasteiger charge is 2.48. The van der Waals surface area contributed by atoms with Crippen LogP contribution in [0.4, 0.5) is 5.13 Å². The Balaban J connectivity index is 1.16. The number of anilines is 1. The van der Waals surface area contributed by atoms with Crippen LogP contribution in [0.2, 0.25) is 0 Å². The number of hydrogen-bond acceptors (Lipinski definition) is 8. The fourth-order valence-electron chi connectivity index (χ4n) is 5.73. The number of ether oxygens (including phenoxy) is 1. The summed E-state index contributed by atoms with van der Waals surface area (Å²) in [6.45, 7) is 2.43. The van der Waals surface area contributed by atoms with Crippen molar-refractivity contribution in [3.05, 3.63) is 155 Å². The van der Waals surface area contributed by atoms with Gasteiger partial charge in [-0.25, -0.2) is 0 Å². The summed E-state index contributed by atoms with van der Waals surface area (Å²) in [7, 11) is 0. The molecule has 1 atom stereocenters. The Morgan fingerprint density at radius 2 is 1.62 bits per heavy atom. The van der Waals surface area contributed by atoms with Crippen LogP contribution in [0.3, 0.4) is 0 Å². The highest BCUT2D eigenvalue weighted by atomic mass is 32.2. The van der Waals surface area contributed by atoms with E-state index in [1.54, 1.807) is 24.3 Å². The van der Waals surface area contributed by atoms with Crippen molar-refractivity contribution in [2.45, 2.75) is 29.7 Å². The maximum absolute atomic E-state index is 13.6. The van der Waals surface area contributed by atoms with E-state index in [1.807, 2.05) is 73.7 Å². The van der Waals surface area contributed by atoms with Gasteiger partial charge in [-0.1, -0.05) is 126 Å². The number of Topliss-reactive ketones (excluding diaryl/α,β-unsaturated/α-hetero) is 1. The molecule has 1 fully saturated rings. The number of aliphatic hydroxyl groups excluding tert-OH is 1. The fraction of sp³-hybridized carbons (Fsp3) is 0.105. The number of nitrogens with zero attached hydrogens (tertiary/aromatic N) is 3. The van der Waals surface area contributed by atoms with Crippen molar-refractivity contribution in [3.63, 3.8) is 0 Å². The van der Waals surface area contributed by atoms with Crippen LogP contribution in [0.15, 0.2) is 131 Å². The third kappa shape index (κ3) is 6.27. The minimum atomic E-state index is -0.877. The molecule has 0 radical (unpaired) electrons. The van der Waals surface area contributed by atoms with Gasteiger partial charge < -0.3 is 9.84 Å². The van der Waals surface area contributed by atoms with Crippen LogP contribution in [-0.2, 0) is 21.9 Å². The van der Waals surface area contributed by atoms with E-state index >= 15 is 0 Å². The Bertz CT molecular complexity index is 2120. The SMILES string of the molecule is Cc1cccc(COc2ccc(/C(O)=C3\C(=O)C(=O)N(c4nnc(SCc5cccc6ccccc56)s4)C3c3ccccc3)cc2)c1. The lowest BCUT2D eigenvalue weighted by Gasteiger charge is -2.22. The number of fused-ring (bicyclic) bond motifs is 1. The predicted octanol–water partition coefficient (Wildman–Crippen LogP) is 8.50. The molecule has 0 spiro atoms. The second-order valence-electron chi connectivity index (χ2n) is 11.2. The number of thioether (sulfide) groups is 1. The van der Waals surface area contributed by atoms with Gasteiger partial charge in [0, 0.05) is 11.3 Å². The van der Waals surface area contributed by atoms with E-state index < -0.39 is 17.7 Å². The molecule has 1 N–H and O–H groups in total. The molecule has 7 nitrogen and oxygen atoms in total. The molecule has 2 heterocycles. The molecule has 0 aliphatic carbocycles. The number of carbonyl (C=O) groups is 2. The van der Waals surface area contributed by atoms with E-state index in [0.29, 0.717) is 38.7 Å². The van der Waals surface area contributed by atoms with Gasteiger partial charge in [0.05, 0.1) is 11.6 Å². The zero-order valence-corrected chi connectivity index (χ0v) is 27.0. The van der Waals surface area contributed by atoms with Crippen LogP contribution < -0.4 is 9.64 Å². The minimum Gasteiger partial charge on any atom is -0.507 e. The molecule has 232 valence electrons. The standard InChI is InChI=1S/C38H29N3O4S2/c1-24-9-7-10-25(21-24)22-45-30-19-17-28(18-20-30)34(42)32-33(27-12-3-2-4-13-27)41(36(44)35(32)43)37-39-40-38(47-37)46-23-29-15-8-14-26-11-5-6-16-31(26)29/h2-21,33,42H,22-23H2,1H3/b34-32+. The van der Waals surface area contributed by atoms with Crippen LogP contribution >= 0.6 is 23.1 Å². The zero-order chi connectivity index (χ0) is 32.3. The highest BCUT2D eigenvalue weighted by molar-refractivity contribution is 8.00. The molecule has 1 unspecified atom stereocenters. The number of aryl methyl sites for hydroxylation is 1. The number of carbonyl (C=O) groups excluding carboxylic acids is 2. The lowest BCUT2D eigenvalue weighted by molar-refractivity contribution is -0.132. The summed E-state index contributed by atoms with van der Waals surface area (Å²) < 4.78 is 6.61. The Labute approximate surface area is 280 Å². The minimum absolute atomic E-state index is 0.00483. The van der Waals surface area contributed by atoms with E-state index in [0.717, 1.165) is 11.1 Å². The lowest BCUT2D eigenvalue weighted by atomic mass is 9.95. The van der Waals surface area contributed by atoms with Gasteiger partial charge in [0.1, 0.15) is 18.1 Å². The van der Waals surface area contributed by atoms with Crippen LogP contribution in [0.5, 0.6) is 5.75 Å². The number of aliphatic hydroxyl groups is 1. The summed E-state index contributed by atoms with van der Waals surface area (Å²) >= 11 is 2.77. The Kier molecular flexibility index (Phi) is 8.56. The van der Waals surface area contributed by atoms with Gasteiger partial charge in [0.15, 0.2) is 4.34 Å². The lowest BCUT2D eigenvalue weighted by Crippen LogP contribution is -2.29. The van der Waals surface area contributed by atoms with Gasteiger partial charge >= 0.3 is 5.91 Å². The van der Waals surface area contributed by atoms with Gasteiger partial charge in [-0.15, -0.1) is 10.2 Å². The molecular formula is C38H29N3O4S2. The molecule has 9 heteroatoms. The maximum atomic E-state index is 13.6. The number of hydrogen-bond donors (Lipinski definition) is 1. The van der Waals surface area contributed by atoms with E-state index in [9.17, 15) is 14.7 Å². The zero-order valence-electron chi connectivity index (χ0n) is 25.4. The third-order valence-electron chi connectivity index (χ3n) is 8.01. The van der Waals surface area contributed by atoms with E-state index in [-0.39, 0.29) is 11.3 Å². The molecule has 1 aliphatic rings. The van der Waals surface area contributed by atoms with Gasteiger partial charge in [-0.05, 0) is 58.7 Å². The number of aromatic nitrogens is 2. The van der Waals surface area contributed by atoms with Gasteiger partial charge in [0.25, 0.3) is 5.78 Å². The van der Waals surface area contributed by atoms with Crippen molar-refractivity contribution < 1.29 is 19.4 Å². The molecule has 1 amide bonds. The smallest absolute Gasteiger partial charge is 0.301 e. The van der Waals surface area contributed by atoms with Gasteiger partial charge in [0.2, 0.25) is 5.13 Å². The molecule has 0 bridgehead atoms.